The van der Waals surface area contributed by atoms with Gasteiger partial charge >= 0.3 is 5.97 Å². The predicted molar refractivity (Wildman–Crippen MR) is 76.3 cm³/mol. The molecule has 2 heterocycles. The summed E-state index contributed by atoms with van der Waals surface area (Å²) < 4.78 is 24.7. The number of furan rings is 1. The van der Waals surface area contributed by atoms with Gasteiger partial charge in [-0.15, -0.1) is 0 Å². The minimum Gasteiger partial charge on any atom is -0.464 e. The Labute approximate surface area is 124 Å². The summed E-state index contributed by atoms with van der Waals surface area (Å²) in [5, 5.41) is 0. The Morgan fingerprint density at radius 3 is 2.82 bits per heavy atom. The normalized spacial score (nSPS) is 10.8. The van der Waals surface area contributed by atoms with Crippen molar-refractivity contribution in [2.24, 2.45) is 0 Å². The molecule has 0 amide bonds. The van der Waals surface area contributed by atoms with Crippen LogP contribution in [-0.4, -0.2) is 23.4 Å². The fourth-order valence-electron chi connectivity index (χ4n) is 2.32. The molecule has 0 bridgehead atoms. The van der Waals surface area contributed by atoms with E-state index in [1.165, 1.54) is 42.2 Å². The van der Waals surface area contributed by atoms with Gasteiger partial charge in [0.25, 0.3) is 0 Å². The molecule has 5 nitrogen and oxygen atoms in total. The number of benzene rings is 1. The summed E-state index contributed by atoms with van der Waals surface area (Å²) in [6.07, 6.45) is 1.47. The summed E-state index contributed by atoms with van der Waals surface area (Å²) in [5.74, 6) is -1.37. The van der Waals surface area contributed by atoms with Crippen molar-refractivity contribution in [2.75, 3.05) is 7.11 Å². The number of ketones is 1. The average Bonchev–Trinajstić information content (AvgIpc) is 3.09. The summed E-state index contributed by atoms with van der Waals surface area (Å²) in [5.41, 5.74) is 1.53. The van der Waals surface area contributed by atoms with Crippen molar-refractivity contribution < 1.29 is 23.1 Å². The number of nitrogens with zero attached hydrogens (tertiary/aromatic N) is 1. The zero-order chi connectivity index (χ0) is 15.7. The highest BCUT2D eigenvalue weighted by Gasteiger charge is 2.20. The second-order valence-corrected chi connectivity index (χ2v) is 4.71. The van der Waals surface area contributed by atoms with E-state index in [9.17, 15) is 14.0 Å². The van der Waals surface area contributed by atoms with E-state index in [1.54, 1.807) is 6.07 Å². The highest BCUT2D eigenvalue weighted by molar-refractivity contribution is 5.99. The molecule has 0 aliphatic rings. The molecule has 3 rings (SSSR count). The van der Waals surface area contributed by atoms with E-state index in [1.807, 2.05) is 0 Å². The van der Waals surface area contributed by atoms with Crippen molar-refractivity contribution in [1.29, 1.82) is 0 Å². The Kier molecular flexibility index (Phi) is 3.50. The minimum absolute atomic E-state index is 0.114. The number of carbonyl (C=O) groups is 2. The maximum atomic E-state index is 13.2. The summed E-state index contributed by atoms with van der Waals surface area (Å²) in [4.78, 5) is 24.1. The number of Topliss-reactive ketones (excluding diaryl/α,β-unsaturated/α-hetero) is 1. The number of fused-ring (bicyclic) bond motifs is 1. The third kappa shape index (κ3) is 2.39. The van der Waals surface area contributed by atoms with Crippen LogP contribution in [0.25, 0.3) is 11.1 Å². The molecule has 0 saturated heterocycles. The molecule has 6 heteroatoms. The molecule has 3 aromatic rings. The first-order chi connectivity index (χ1) is 10.6. The lowest BCUT2D eigenvalue weighted by Gasteiger charge is -2.08. The molecular weight excluding hydrogens is 289 g/mol. The molecule has 0 aliphatic heterocycles. The number of halogens is 1. The maximum Gasteiger partial charge on any atom is 0.354 e. The van der Waals surface area contributed by atoms with E-state index in [0.29, 0.717) is 11.1 Å². The Morgan fingerprint density at radius 2 is 2.09 bits per heavy atom. The lowest BCUT2D eigenvalue weighted by atomic mass is 10.1. The molecule has 0 saturated carbocycles. The van der Waals surface area contributed by atoms with Gasteiger partial charge in [-0.05, 0) is 12.1 Å². The summed E-state index contributed by atoms with van der Waals surface area (Å²) in [7, 11) is 1.26. The van der Waals surface area contributed by atoms with Crippen molar-refractivity contribution in [3.8, 4) is 0 Å². The molecular formula is C16H12FNO4. The van der Waals surface area contributed by atoms with Gasteiger partial charge < -0.3 is 13.7 Å². The number of esters is 1. The molecule has 22 heavy (non-hydrogen) atoms. The van der Waals surface area contributed by atoms with Crippen LogP contribution >= 0.6 is 0 Å². The van der Waals surface area contributed by atoms with Gasteiger partial charge in [0.1, 0.15) is 11.5 Å². The molecule has 0 spiro atoms. The molecule has 2 aromatic heterocycles. The summed E-state index contributed by atoms with van der Waals surface area (Å²) in [6, 6.07) is 8.59. The van der Waals surface area contributed by atoms with E-state index in [0.717, 1.165) is 6.07 Å². The summed E-state index contributed by atoms with van der Waals surface area (Å²) in [6.45, 7) is -0.114. The van der Waals surface area contributed by atoms with Crippen LogP contribution in [0.5, 0.6) is 0 Å². The highest BCUT2D eigenvalue weighted by atomic mass is 19.1. The largest absolute Gasteiger partial charge is 0.464 e. The topological polar surface area (TPSA) is 61.4 Å². The predicted octanol–water partition coefficient (Wildman–Crippen LogP) is 3.04. The average molecular weight is 301 g/mol. The van der Waals surface area contributed by atoms with E-state index < -0.39 is 11.8 Å². The number of hydrogen-bond acceptors (Lipinski definition) is 4. The SMILES string of the molecule is COC(=O)c1cc2occc2n1CC(=O)c1cccc(F)c1. The van der Waals surface area contributed by atoms with Gasteiger partial charge in [-0.25, -0.2) is 9.18 Å². The first-order valence-electron chi connectivity index (χ1n) is 6.54. The molecule has 0 N–H and O–H groups in total. The van der Waals surface area contributed by atoms with Gasteiger partial charge in [0.2, 0.25) is 0 Å². The smallest absolute Gasteiger partial charge is 0.354 e. The zero-order valence-corrected chi connectivity index (χ0v) is 11.7. The highest BCUT2D eigenvalue weighted by Crippen LogP contribution is 2.22. The molecule has 112 valence electrons. The molecule has 0 aliphatic carbocycles. The molecule has 0 atom stereocenters. The first kappa shape index (κ1) is 14.1. The van der Waals surface area contributed by atoms with Gasteiger partial charge in [-0.1, -0.05) is 12.1 Å². The van der Waals surface area contributed by atoms with Crippen LogP contribution in [0, 0.1) is 5.82 Å². The second-order valence-electron chi connectivity index (χ2n) is 4.71. The fourth-order valence-corrected chi connectivity index (χ4v) is 2.32. The number of hydrogen-bond donors (Lipinski definition) is 0. The Bertz CT molecular complexity index is 862. The molecule has 0 fully saturated rings. The van der Waals surface area contributed by atoms with Crippen LogP contribution in [0.4, 0.5) is 4.39 Å². The lowest BCUT2D eigenvalue weighted by Crippen LogP contribution is -2.16. The van der Waals surface area contributed by atoms with Crippen molar-refractivity contribution in [3.63, 3.8) is 0 Å². The van der Waals surface area contributed by atoms with Gasteiger partial charge in [-0.3, -0.25) is 4.79 Å². The fraction of sp³-hybridized carbons (Fsp3) is 0.125. The minimum atomic E-state index is -0.571. The standard InChI is InChI=1S/C16H12FNO4/c1-21-16(20)13-8-15-12(5-6-22-15)18(13)9-14(19)10-3-2-4-11(17)7-10/h2-8H,9H2,1H3. The van der Waals surface area contributed by atoms with Gasteiger partial charge in [0.05, 0.1) is 25.4 Å². The maximum absolute atomic E-state index is 13.2. The third-order valence-corrected chi connectivity index (χ3v) is 3.37. The molecule has 0 radical (unpaired) electrons. The number of aromatic nitrogens is 1. The van der Waals surface area contributed by atoms with Crippen LogP contribution in [0.3, 0.4) is 0 Å². The van der Waals surface area contributed by atoms with Crippen molar-refractivity contribution in [2.45, 2.75) is 6.54 Å². The second kappa shape index (κ2) is 5.48. The number of methoxy groups -OCH3 is 1. The number of rotatable bonds is 4. The Morgan fingerprint density at radius 1 is 1.27 bits per heavy atom. The molecule has 0 unspecified atom stereocenters. The zero-order valence-electron chi connectivity index (χ0n) is 11.7. The molecule has 1 aromatic carbocycles. The Balaban J connectivity index is 2.00. The van der Waals surface area contributed by atoms with Crippen LogP contribution < -0.4 is 0 Å². The monoisotopic (exact) mass is 301 g/mol. The van der Waals surface area contributed by atoms with Crippen molar-refractivity contribution >= 4 is 22.9 Å². The van der Waals surface area contributed by atoms with Gasteiger partial charge in [-0.2, -0.15) is 0 Å². The van der Waals surface area contributed by atoms with E-state index in [4.69, 9.17) is 9.15 Å². The van der Waals surface area contributed by atoms with Crippen LogP contribution in [0.2, 0.25) is 0 Å². The van der Waals surface area contributed by atoms with Gasteiger partial charge in [0.15, 0.2) is 11.4 Å². The van der Waals surface area contributed by atoms with Crippen molar-refractivity contribution in [3.05, 3.63) is 59.7 Å². The first-order valence-corrected chi connectivity index (χ1v) is 6.54. The number of carbonyl (C=O) groups excluding carboxylic acids is 2. The van der Waals surface area contributed by atoms with Crippen LogP contribution in [0.15, 0.2) is 47.1 Å². The van der Waals surface area contributed by atoms with Crippen LogP contribution in [-0.2, 0) is 11.3 Å². The summed E-state index contributed by atoms with van der Waals surface area (Å²) >= 11 is 0. The van der Waals surface area contributed by atoms with Gasteiger partial charge in [0, 0.05) is 17.7 Å². The van der Waals surface area contributed by atoms with E-state index >= 15 is 0 Å². The van der Waals surface area contributed by atoms with Crippen LogP contribution in [0.1, 0.15) is 20.8 Å². The third-order valence-electron chi connectivity index (χ3n) is 3.37. The van der Waals surface area contributed by atoms with Crippen molar-refractivity contribution in [1.82, 2.24) is 4.57 Å². The quantitative estimate of drug-likeness (QED) is 0.549. The van der Waals surface area contributed by atoms with E-state index in [2.05, 4.69) is 0 Å². The number of ether oxygens (including phenoxy) is 1. The Hall–Kier alpha value is -2.89. The lowest BCUT2D eigenvalue weighted by molar-refractivity contribution is 0.0589. The van der Waals surface area contributed by atoms with E-state index in [-0.39, 0.29) is 23.6 Å².